The SMILES string of the molecule is CC1(C)OB(c2cnn(CO[Si](C)(C)C(C)(C)C)c2)OC1(C)C. The van der Waals surface area contributed by atoms with E-state index in [2.05, 4.69) is 66.7 Å². The Hall–Kier alpha value is -0.628. The van der Waals surface area contributed by atoms with Gasteiger partial charge in [-0.1, -0.05) is 20.8 Å². The molecule has 0 radical (unpaired) electrons. The molecule has 0 unspecified atom stereocenters. The van der Waals surface area contributed by atoms with Crippen LogP contribution in [0.3, 0.4) is 0 Å². The Morgan fingerprint density at radius 3 is 2.17 bits per heavy atom. The lowest BCUT2D eigenvalue weighted by atomic mass is 9.82. The Labute approximate surface area is 142 Å². The third-order valence-electron chi connectivity index (χ3n) is 5.54. The molecule has 0 spiro atoms. The molecule has 2 rings (SSSR count). The lowest BCUT2D eigenvalue weighted by molar-refractivity contribution is 0.00578. The summed E-state index contributed by atoms with van der Waals surface area (Å²) in [6.45, 7) is 19.9. The van der Waals surface area contributed by atoms with Gasteiger partial charge in [-0.25, -0.2) is 4.68 Å². The van der Waals surface area contributed by atoms with Gasteiger partial charge in [0.2, 0.25) is 0 Å². The maximum Gasteiger partial charge on any atom is 0.498 e. The van der Waals surface area contributed by atoms with Crippen molar-refractivity contribution < 1.29 is 13.7 Å². The van der Waals surface area contributed by atoms with Crippen LogP contribution in [0.2, 0.25) is 18.1 Å². The minimum atomic E-state index is -1.78. The Morgan fingerprint density at radius 1 is 1.17 bits per heavy atom. The van der Waals surface area contributed by atoms with Crippen LogP contribution in [0.15, 0.2) is 12.4 Å². The van der Waals surface area contributed by atoms with Crippen molar-refractivity contribution in [1.29, 1.82) is 0 Å². The van der Waals surface area contributed by atoms with Crippen LogP contribution in [0.5, 0.6) is 0 Å². The van der Waals surface area contributed by atoms with E-state index in [0.29, 0.717) is 6.73 Å². The highest BCUT2D eigenvalue weighted by Crippen LogP contribution is 2.37. The van der Waals surface area contributed by atoms with Gasteiger partial charge in [-0.2, -0.15) is 5.10 Å². The predicted molar refractivity (Wildman–Crippen MR) is 96.2 cm³/mol. The zero-order chi connectivity index (χ0) is 17.7. The van der Waals surface area contributed by atoms with Gasteiger partial charge in [0.1, 0.15) is 6.73 Å². The van der Waals surface area contributed by atoms with Crippen LogP contribution in [0, 0.1) is 0 Å². The van der Waals surface area contributed by atoms with Crippen LogP contribution in [-0.2, 0) is 20.5 Å². The third-order valence-corrected chi connectivity index (χ3v) is 10.0. The zero-order valence-corrected chi connectivity index (χ0v) is 17.1. The van der Waals surface area contributed by atoms with Crippen molar-refractivity contribution in [2.75, 3.05) is 0 Å². The second kappa shape index (κ2) is 5.72. The predicted octanol–water partition coefficient (Wildman–Crippen LogP) is 3.16. The fourth-order valence-electron chi connectivity index (χ4n) is 2.00. The quantitative estimate of drug-likeness (QED) is 0.791. The number of hydrogen-bond donors (Lipinski definition) is 0. The molecule has 1 aliphatic heterocycles. The smallest absolute Gasteiger partial charge is 0.399 e. The second-order valence-corrected chi connectivity index (χ2v) is 13.7. The maximum absolute atomic E-state index is 6.20. The molecule has 0 N–H and O–H groups in total. The van der Waals surface area contributed by atoms with Crippen molar-refractivity contribution in [1.82, 2.24) is 9.78 Å². The van der Waals surface area contributed by atoms with Gasteiger partial charge in [-0.3, -0.25) is 0 Å². The molecule has 1 aliphatic rings. The first-order valence-corrected chi connectivity index (χ1v) is 11.2. The number of hydrogen-bond acceptors (Lipinski definition) is 4. The summed E-state index contributed by atoms with van der Waals surface area (Å²) in [7, 11) is -2.15. The molecular weight excluding hydrogens is 307 g/mol. The highest BCUT2D eigenvalue weighted by atomic mass is 28.4. The van der Waals surface area contributed by atoms with Crippen LogP contribution < -0.4 is 5.46 Å². The molecule has 2 heterocycles. The van der Waals surface area contributed by atoms with E-state index in [4.69, 9.17) is 13.7 Å². The Kier molecular flexibility index (Phi) is 4.65. The molecule has 1 aromatic rings. The van der Waals surface area contributed by atoms with Gasteiger partial charge in [0.15, 0.2) is 8.32 Å². The molecule has 1 fully saturated rings. The van der Waals surface area contributed by atoms with Crippen LogP contribution in [0.4, 0.5) is 0 Å². The Balaban J connectivity index is 2.03. The van der Waals surface area contributed by atoms with Gasteiger partial charge >= 0.3 is 7.12 Å². The second-order valence-electron chi connectivity index (χ2n) is 8.94. The minimum absolute atomic E-state index is 0.189. The van der Waals surface area contributed by atoms with Gasteiger partial charge < -0.3 is 13.7 Å². The molecule has 0 aliphatic carbocycles. The van der Waals surface area contributed by atoms with E-state index in [1.165, 1.54) is 0 Å². The molecule has 0 amide bonds. The summed E-state index contributed by atoms with van der Waals surface area (Å²) in [5, 5.41) is 4.58. The molecule has 0 atom stereocenters. The zero-order valence-electron chi connectivity index (χ0n) is 16.1. The van der Waals surface area contributed by atoms with Gasteiger partial charge in [0.25, 0.3) is 0 Å². The van der Waals surface area contributed by atoms with Crippen LogP contribution in [0.1, 0.15) is 48.5 Å². The van der Waals surface area contributed by atoms with Gasteiger partial charge in [-0.05, 0) is 45.8 Å². The first-order chi connectivity index (χ1) is 10.3. The van der Waals surface area contributed by atoms with E-state index in [1.54, 1.807) is 6.20 Å². The van der Waals surface area contributed by atoms with E-state index in [1.807, 2.05) is 10.9 Å². The van der Waals surface area contributed by atoms with Crippen molar-refractivity contribution in [2.45, 2.75) is 84.5 Å². The molecule has 1 aromatic heterocycles. The Bertz CT molecular complexity index is 548. The van der Waals surface area contributed by atoms with E-state index in [9.17, 15) is 0 Å². The van der Waals surface area contributed by atoms with E-state index < -0.39 is 8.32 Å². The van der Waals surface area contributed by atoms with Gasteiger partial charge in [-0.15, -0.1) is 0 Å². The molecule has 0 bridgehead atoms. The third kappa shape index (κ3) is 3.73. The average Bonchev–Trinajstić information content (AvgIpc) is 2.89. The summed E-state index contributed by atoms with van der Waals surface area (Å²) in [6.07, 6.45) is 3.76. The number of aromatic nitrogens is 2. The van der Waals surface area contributed by atoms with Crippen LogP contribution in [-0.4, -0.2) is 36.4 Å². The first kappa shape index (κ1) is 18.7. The van der Waals surface area contributed by atoms with Crippen molar-refractivity contribution in [3.63, 3.8) is 0 Å². The standard InChI is InChI=1S/C16H31BN2O3Si/c1-14(2,3)23(8,9)20-12-19-11-13(10-18-19)17-21-15(4,5)16(6,7)22-17/h10-11H,12H2,1-9H3. The lowest BCUT2D eigenvalue weighted by Gasteiger charge is -2.35. The lowest BCUT2D eigenvalue weighted by Crippen LogP contribution is -2.41. The molecule has 23 heavy (non-hydrogen) atoms. The van der Waals surface area contributed by atoms with Crippen LogP contribution >= 0.6 is 0 Å². The molecule has 0 aromatic carbocycles. The largest absolute Gasteiger partial charge is 0.498 e. The summed E-state index contributed by atoms with van der Waals surface area (Å²) in [5.74, 6) is 0. The van der Waals surface area contributed by atoms with Crippen molar-refractivity contribution in [3.05, 3.63) is 12.4 Å². The monoisotopic (exact) mass is 338 g/mol. The summed E-state index contributed by atoms with van der Waals surface area (Å²) in [6, 6.07) is 0. The van der Waals surface area contributed by atoms with Crippen molar-refractivity contribution in [2.24, 2.45) is 0 Å². The molecule has 7 heteroatoms. The topological polar surface area (TPSA) is 45.5 Å². The van der Waals surface area contributed by atoms with Gasteiger partial charge in [0, 0.05) is 17.9 Å². The summed E-state index contributed by atoms with van der Waals surface area (Å²) in [4.78, 5) is 0. The minimum Gasteiger partial charge on any atom is -0.399 e. The molecular formula is C16H31BN2O3Si. The molecule has 5 nitrogen and oxygen atoms in total. The summed E-state index contributed by atoms with van der Waals surface area (Å²) in [5.41, 5.74) is 0.261. The highest BCUT2D eigenvalue weighted by Gasteiger charge is 2.52. The molecule has 1 saturated heterocycles. The Morgan fingerprint density at radius 2 is 1.70 bits per heavy atom. The summed E-state index contributed by atoms with van der Waals surface area (Å²) < 4.78 is 20.1. The highest BCUT2D eigenvalue weighted by molar-refractivity contribution is 6.74. The molecule has 0 saturated carbocycles. The summed E-state index contributed by atoms with van der Waals surface area (Å²) >= 11 is 0. The molecule has 130 valence electrons. The van der Waals surface area contributed by atoms with E-state index in [-0.39, 0.29) is 23.4 Å². The fourth-order valence-corrected chi connectivity index (χ4v) is 2.88. The van der Waals surface area contributed by atoms with E-state index in [0.717, 1.165) is 5.46 Å². The average molecular weight is 338 g/mol. The first-order valence-electron chi connectivity index (χ1n) is 8.27. The number of rotatable bonds is 4. The van der Waals surface area contributed by atoms with Crippen molar-refractivity contribution in [3.8, 4) is 0 Å². The fraction of sp³-hybridized carbons (Fsp3) is 0.812. The normalized spacial score (nSPS) is 21.0. The maximum atomic E-state index is 6.20. The number of nitrogens with zero attached hydrogens (tertiary/aromatic N) is 2. The van der Waals surface area contributed by atoms with Crippen molar-refractivity contribution >= 4 is 20.9 Å². The van der Waals surface area contributed by atoms with E-state index >= 15 is 0 Å². The van der Waals surface area contributed by atoms with Crippen LogP contribution in [0.25, 0.3) is 0 Å². The van der Waals surface area contributed by atoms with Gasteiger partial charge in [0.05, 0.1) is 11.2 Å².